The molecule has 0 radical (unpaired) electrons. The van der Waals surface area contributed by atoms with Crippen LogP contribution >= 0.6 is 0 Å². The zero-order valence-corrected chi connectivity index (χ0v) is 20.9. The van der Waals surface area contributed by atoms with Gasteiger partial charge < -0.3 is 24.9 Å². The van der Waals surface area contributed by atoms with Crippen LogP contribution in [-0.2, 0) is 19.6 Å². The minimum Gasteiger partial charge on any atom is -0.489 e. The minimum atomic E-state index is -3.05. The van der Waals surface area contributed by atoms with Crippen molar-refractivity contribution >= 4 is 5.91 Å². The smallest absolute Gasteiger partial charge is 0.387 e. The van der Waals surface area contributed by atoms with Gasteiger partial charge in [-0.3, -0.25) is 4.79 Å². The van der Waals surface area contributed by atoms with Gasteiger partial charge in [0.25, 0.3) is 5.91 Å². The lowest BCUT2D eigenvalue weighted by Gasteiger charge is -2.12. The first-order valence-electron chi connectivity index (χ1n) is 12.3. The highest BCUT2D eigenvalue weighted by atomic mass is 19.3. The number of amides is 1. The molecule has 1 saturated carbocycles. The van der Waals surface area contributed by atoms with E-state index >= 15 is 0 Å². The van der Waals surface area contributed by atoms with Crippen molar-refractivity contribution in [1.82, 2.24) is 25.3 Å². The average molecular weight is 561 g/mol. The Morgan fingerprint density at radius 2 is 2.00 bits per heavy atom. The molecule has 4 aromatic rings. The van der Waals surface area contributed by atoms with Gasteiger partial charge in [0.2, 0.25) is 5.89 Å². The van der Waals surface area contributed by atoms with Crippen molar-refractivity contribution in [2.45, 2.75) is 39.1 Å². The van der Waals surface area contributed by atoms with Crippen LogP contribution in [-0.4, -0.2) is 39.1 Å². The second kappa shape index (κ2) is 11.7. The van der Waals surface area contributed by atoms with E-state index < -0.39 is 24.2 Å². The molecule has 1 aliphatic rings. The van der Waals surface area contributed by atoms with Gasteiger partial charge in [0.1, 0.15) is 18.2 Å². The molecule has 2 heterocycles. The average Bonchev–Trinajstić information content (AvgIpc) is 3.48. The highest BCUT2D eigenvalue weighted by Crippen LogP contribution is 2.36. The predicted octanol–water partition coefficient (Wildman–Crippen LogP) is 4.04. The molecule has 40 heavy (non-hydrogen) atoms. The SMILES string of the molecule is NCc1cn(Cc2oc(-c3ccc(OC(F)F)c(OCC4CC4)c3)nc2C(=O)NCc2ccc(F)cc2F)nn1. The summed E-state index contributed by atoms with van der Waals surface area (Å²) < 4.78 is 70.8. The molecule has 5 rings (SSSR count). The number of ether oxygens (including phenoxy) is 2. The highest BCUT2D eigenvalue weighted by Gasteiger charge is 2.25. The first kappa shape index (κ1) is 27.1. The lowest BCUT2D eigenvalue weighted by Crippen LogP contribution is -2.25. The largest absolute Gasteiger partial charge is 0.489 e. The van der Waals surface area contributed by atoms with Crippen LogP contribution in [0.15, 0.2) is 47.0 Å². The molecule has 210 valence electrons. The second-order valence-corrected chi connectivity index (χ2v) is 9.12. The summed E-state index contributed by atoms with van der Waals surface area (Å²) in [5.74, 6) is -1.90. The van der Waals surface area contributed by atoms with Gasteiger partial charge in [-0.2, -0.15) is 8.78 Å². The Hall–Kier alpha value is -4.46. The van der Waals surface area contributed by atoms with E-state index in [4.69, 9.17) is 14.9 Å². The molecule has 2 aromatic heterocycles. The van der Waals surface area contributed by atoms with Crippen LogP contribution in [0, 0.1) is 17.6 Å². The predicted molar refractivity (Wildman–Crippen MR) is 131 cm³/mol. The number of carbonyl (C=O) groups excluding carboxylic acids is 1. The van der Waals surface area contributed by atoms with E-state index in [1.54, 1.807) is 6.20 Å². The highest BCUT2D eigenvalue weighted by molar-refractivity contribution is 5.93. The monoisotopic (exact) mass is 560 g/mol. The fourth-order valence-corrected chi connectivity index (χ4v) is 3.78. The quantitative estimate of drug-likeness (QED) is 0.249. The summed E-state index contributed by atoms with van der Waals surface area (Å²) in [5, 5.41) is 10.4. The molecule has 0 bridgehead atoms. The van der Waals surface area contributed by atoms with Gasteiger partial charge in [-0.15, -0.1) is 5.10 Å². The molecule has 2 aromatic carbocycles. The lowest BCUT2D eigenvalue weighted by molar-refractivity contribution is -0.0515. The fraction of sp³-hybridized carbons (Fsp3) is 0.308. The first-order chi connectivity index (χ1) is 19.3. The normalized spacial score (nSPS) is 13.1. The van der Waals surface area contributed by atoms with E-state index in [9.17, 15) is 22.4 Å². The number of rotatable bonds is 12. The summed E-state index contributed by atoms with van der Waals surface area (Å²) in [4.78, 5) is 17.4. The number of nitrogens with two attached hydrogens (primary N) is 1. The number of carbonyl (C=O) groups is 1. The molecule has 0 atom stereocenters. The van der Waals surface area contributed by atoms with Crippen molar-refractivity contribution in [2.24, 2.45) is 11.7 Å². The van der Waals surface area contributed by atoms with Crippen molar-refractivity contribution in [3.8, 4) is 23.0 Å². The Morgan fingerprint density at radius 1 is 1.18 bits per heavy atom. The van der Waals surface area contributed by atoms with Crippen LogP contribution < -0.4 is 20.5 Å². The molecule has 14 heteroatoms. The lowest BCUT2D eigenvalue weighted by atomic mass is 10.2. The van der Waals surface area contributed by atoms with E-state index in [1.165, 1.54) is 28.9 Å². The van der Waals surface area contributed by atoms with Crippen molar-refractivity contribution in [1.29, 1.82) is 0 Å². The molecule has 10 nitrogen and oxygen atoms in total. The molecule has 0 aliphatic heterocycles. The van der Waals surface area contributed by atoms with Gasteiger partial charge in [-0.05, 0) is 43.0 Å². The standard InChI is InChI=1S/C26H24F4N6O4/c27-17-5-3-16(19(28)8-17)10-32-24(37)23-22(12-36-11-18(9-31)34-35-36)39-25(33-23)15-4-6-20(40-26(29)30)21(7-15)38-13-14-1-2-14/h3-8,11,14,26H,1-2,9-10,12-13,31H2,(H,32,37). The maximum Gasteiger partial charge on any atom is 0.387 e. The van der Waals surface area contributed by atoms with Gasteiger partial charge in [-0.25, -0.2) is 18.4 Å². The summed E-state index contributed by atoms with van der Waals surface area (Å²) in [5.41, 5.74) is 6.37. The van der Waals surface area contributed by atoms with Gasteiger partial charge in [0.15, 0.2) is 23.0 Å². The van der Waals surface area contributed by atoms with Crippen LogP contribution in [0.2, 0.25) is 0 Å². The van der Waals surface area contributed by atoms with Crippen LogP contribution in [0.5, 0.6) is 11.5 Å². The summed E-state index contributed by atoms with van der Waals surface area (Å²) in [6, 6.07) is 7.19. The molecule has 0 saturated heterocycles. The van der Waals surface area contributed by atoms with Gasteiger partial charge in [-0.1, -0.05) is 11.3 Å². The number of hydrogen-bond donors (Lipinski definition) is 2. The second-order valence-electron chi connectivity index (χ2n) is 9.12. The number of benzene rings is 2. The van der Waals surface area contributed by atoms with Crippen molar-refractivity contribution < 1.29 is 36.2 Å². The first-order valence-corrected chi connectivity index (χ1v) is 12.3. The molecule has 0 unspecified atom stereocenters. The Morgan fingerprint density at radius 3 is 2.70 bits per heavy atom. The Balaban J connectivity index is 1.44. The topological polar surface area (TPSA) is 130 Å². The van der Waals surface area contributed by atoms with Crippen LogP contribution in [0.4, 0.5) is 17.6 Å². The molecule has 1 aliphatic carbocycles. The third-order valence-electron chi connectivity index (χ3n) is 6.05. The van der Waals surface area contributed by atoms with Gasteiger partial charge in [0.05, 0.1) is 18.5 Å². The molecular formula is C26H24F4N6O4. The molecule has 3 N–H and O–H groups in total. The van der Waals surface area contributed by atoms with Crippen molar-refractivity contribution in [3.63, 3.8) is 0 Å². The van der Waals surface area contributed by atoms with Crippen LogP contribution in [0.3, 0.4) is 0 Å². The third kappa shape index (κ3) is 6.57. The number of aromatic nitrogens is 4. The molecule has 1 fully saturated rings. The van der Waals surface area contributed by atoms with E-state index in [-0.39, 0.29) is 54.0 Å². The van der Waals surface area contributed by atoms with Crippen LogP contribution in [0.25, 0.3) is 11.5 Å². The summed E-state index contributed by atoms with van der Waals surface area (Å²) in [6.45, 7) is -2.86. The number of nitrogens with zero attached hydrogens (tertiary/aromatic N) is 4. The van der Waals surface area contributed by atoms with Crippen molar-refractivity contribution in [2.75, 3.05) is 6.61 Å². The van der Waals surface area contributed by atoms with E-state index in [1.807, 2.05) is 0 Å². The Labute approximate surface area is 225 Å². The Bertz CT molecular complexity index is 1500. The Kier molecular flexibility index (Phi) is 7.96. The number of alkyl halides is 2. The summed E-state index contributed by atoms with van der Waals surface area (Å²) in [7, 11) is 0. The van der Waals surface area contributed by atoms with Crippen LogP contribution in [0.1, 0.15) is 40.3 Å². The number of nitrogens with one attached hydrogen (secondary N) is 1. The molecule has 0 spiro atoms. The summed E-state index contributed by atoms with van der Waals surface area (Å²) >= 11 is 0. The van der Waals surface area contributed by atoms with E-state index in [0.29, 0.717) is 29.8 Å². The number of halogens is 4. The molecule has 1 amide bonds. The van der Waals surface area contributed by atoms with E-state index in [0.717, 1.165) is 18.9 Å². The minimum absolute atomic E-state index is 0.00727. The van der Waals surface area contributed by atoms with E-state index in [2.05, 4.69) is 25.3 Å². The third-order valence-corrected chi connectivity index (χ3v) is 6.05. The van der Waals surface area contributed by atoms with Gasteiger partial charge in [0, 0.05) is 30.3 Å². The maximum absolute atomic E-state index is 14.1. The molecular weight excluding hydrogens is 536 g/mol. The number of oxazole rings is 1. The van der Waals surface area contributed by atoms with Crippen molar-refractivity contribution in [3.05, 3.63) is 76.9 Å². The maximum atomic E-state index is 14.1. The number of hydrogen-bond acceptors (Lipinski definition) is 8. The fourth-order valence-electron chi connectivity index (χ4n) is 3.78. The zero-order valence-electron chi connectivity index (χ0n) is 20.9. The zero-order chi connectivity index (χ0) is 28.2. The summed E-state index contributed by atoms with van der Waals surface area (Å²) in [6.07, 6.45) is 3.54. The van der Waals surface area contributed by atoms with Gasteiger partial charge >= 0.3 is 6.61 Å².